The molecular formula is C25H32ClF5N4O4S. The van der Waals surface area contributed by atoms with Gasteiger partial charge in [0.25, 0.3) is 5.91 Å². The number of rotatable bonds is 10. The number of ether oxygens (including phenoxy) is 1. The van der Waals surface area contributed by atoms with Crippen LogP contribution in [-0.2, 0) is 23.0 Å². The maximum atomic E-state index is 13.4. The van der Waals surface area contributed by atoms with Crippen molar-refractivity contribution in [2.75, 3.05) is 6.54 Å². The second kappa shape index (κ2) is 12.2. The van der Waals surface area contributed by atoms with E-state index in [1.807, 2.05) is 0 Å². The molecule has 15 heteroatoms. The first-order valence-electron chi connectivity index (χ1n) is 12.7. The average Bonchev–Trinajstić information content (AvgIpc) is 3.17. The lowest BCUT2D eigenvalue weighted by Gasteiger charge is -2.28. The predicted octanol–water partition coefficient (Wildman–Crippen LogP) is 5.53. The lowest BCUT2D eigenvalue weighted by Crippen LogP contribution is -2.36. The number of nitrogens with two attached hydrogens (primary N) is 1. The number of nitrogens with zero attached hydrogens (tertiary/aromatic N) is 2. The lowest BCUT2D eigenvalue weighted by atomic mass is 9.84. The number of alkyl halides is 5. The molecule has 1 aromatic heterocycles. The van der Waals surface area contributed by atoms with Gasteiger partial charge in [-0.05, 0) is 62.6 Å². The van der Waals surface area contributed by atoms with Crippen LogP contribution < -0.4 is 15.2 Å². The molecule has 1 saturated carbocycles. The van der Waals surface area contributed by atoms with E-state index in [0.29, 0.717) is 25.7 Å². The highest BCUT2D eigenvalue weighted by Crippen LogP contribution is 2.43. The zero-order valence-electron chi connectivity index (χ0n) is 22.2. The maximum absolute atomic E-state index is 13.4. The molecular weight excluding hydrogens is 583 g/mol. The number of nitrogens with one attached hydrogen (secondary N) is 1. The maximum Gasteiger partial charge on any atom is 0.394 e. The van der Waals surface area contributed by atoms with Crippen LogP contribution in [0.5, 0.6) is 5.75 Å². The van der Waals surface area contributed by atoms with Gasteiger partial charge in [0.15, 0.2) is 5.69 Å². The quantitative estimate of drug-likeness (QED) is 0.341. The van der Waals surface area contributed by atoms with Gasteiger partial charge in [-0.15, -0.1) is 0 Å². The second-order valence-electron chi connectivity index (χ2n) is 10.5. The van der Waals surface area contributed by atoms with Crippen LogP contribution in [0.2, 0.25) is 5.02 Å². The van der Waals surface area contributed by atoms with Gasteiger partial charge >= 0.3 is 12.8 Å². The highest BCUT2D eigenvalue weighted by atomic mass is 35.5. The topological polar surface area (TPSA) is 116 Å². The number of carbonyl (C=O) groups excluding carboxylic acids is 1. The van der Waals surface area contributed by atoms with Crippen molar-refractivity contribution in [2.24, 2.45) is 16.5 Å². The van der Waals surface area contributed by atoms with Crippen molar-refractivity contribution in [2.45, 2.75) is 77.5 Å². The van der Waals surface area contributed by atoms with Gasteiger partial charge in [-0.25, -0.2) is 13.6 Å². The van der Waals surface area contributed by atoms with Crippen molar-refractivity contribution in [1.82, 2.24) is 15.1 Å². The molecule has 0 radical (unpaired) electrons. The SMILES string of the molecule is CCn1nc(C(=O)NC[C@H]2CC[C@H](S(N)(=O)=O)CC2)c(Cl)c1-c1ccc(CC(C)(C)C(F)(F)F)cc1OC(F)F. The molecule has 0 saturated heterocycles. The van der Waals surface area contributed by atoms with Crippen molar-refractivity contribution >= 4 is 27.5 Å². The van der Waals surface area contributed by atoms with E-state index in [2.05, 4.69) is 15.2 Å². The lowest BCUT2D eigenvalue weighted by molar-refractivity contribution is -0.211. The van der Waals surface area contributed by atoms with Crippen LogP contribution in [0.1, 0.15) is 62.5 Å². The third kappa shape index (κ3) is 7.43. The highest BCUT2D eigenvalue weighted by molar-refractivity contribution is 7.89. The van der Waals surface area contributed by atoms with Gasteiger partial charge in [0.2, 0.25) is 10.0 Å². The van der Waals surface area contributed by atoms with Crippen LogP contribution in [0.25, 0.3) is 11.3 Å². The molecule has 0 aliphatic heterocycles. The number of sulfonamides is 1. The van der Waals surface area contributed by atoms with Crippen LogP contribution in [-0.4, -0.2) is 48.7 Å². The van der Waals surface area contributed by atoms with Crippen molar-refractivity contribution in [3.63, 3.8) is 0 Å². The van der Waals surface area contributed by atoms with E-state index >= 15 is 0 Å². The Balaban J connectivity index is 1.86. The monoisotopic (exact) mass is 614 g/mol. The average molecular weight is 615 g/mol. The summed E-state index contributed by atoms with van der Waals surface area (Å²) in [5, 5.41) is 11.4. The summed E-state index contributed by atoms with van der Waals surface area (Å²) in [5.41, 5.74) is -2.03. The van der Waals surface area contributed by atoms with Gasteiger partial charge in [0.05, 0.1) is 21.4 Å². The van der Waals surface area contributed by atoms with E-state index in [0.717, 1.165) is 19.9 Å². The Kier molecular flexibility index (Phi) is 9.78. The molecule has 1 fully saturated rings. The third-order valence-corrected chi connectivity index (χ3v) is 8.91. The molecule has 8 nitrogen and oxygen atoms in total. The van der Waals surface area contributed by atoms with Crippen LogP contribution >= 0.6 is 11.6 Å². The summed E-state index contributed by atoms with van der Waals surface area (Å²) in [6.07, 6.45) is -3.13. The van der Waals surface area contributed by atoms with E-state index in [-0.39, 0.29) is 46.5 Å². The third-order valence-electron chi connectivity index (χ3n) is 7.15. The molecule has 1 heterocycles. The molecule has 0 atom stereocenters. The Bertz CT molecular complexity index is 1320. The molecule has 3 rings (SSSR count). The minimum absolute atomic E-state index is 0.0213. The zero-order chi connectivity index (χ0) is 30.0. The largest absolute Gasteiger partial charge is 0.434 e. The molecule has 2 aromatic rings. The first-order valence-corrected chi connectivity index (χ1v) is 14.6. The molecule has 1 aliphatic carbocycles. The van der Waals surface area contributed by atoms with Crippen LogP contribution in [0.15, 0.2) is 18.2 Å². The molecule has 0 bridgehead atoms. The van der Waals surface area contributed by atoms with E-state index in [1.54, 1.807) is 6.92 Å². The zero-order valence-corrected chi connectivity index (χ0v) is 23.8. The first-order chi connectivity index (χ1) is 18.4. The molecule has 1 amide bonds. The number of halogens is 6. The Morgan fingerprint density at radius 3 is 2.38 bits per heavy atom. The molecule has 1 aromatic carbocycles. The number of amides is 1. The standard InChI is InChI=1S/C25H32ClF5N4O4S/c1-4-35-21(17-10-7-15(11-18(17)39-23(27)28)12-24(2,3)25(29,30)31)19(26)20(34-35)22(36)33-13-14-5-8-16(9-6-14)40(32,37)38/h7,10-11,14,16,23H,4-6,8-9,12-13H2,1-3H3,(H,33,36)(H2,32,37,38)/t14-,16-. The fourth-order valence-corrected chi connectivity index (χ4v) is 5.99. The van der Waals surface area contributed by atoms with E-state index in [4.69, 9.17) is 16.7 Å². The molecule has 224 valence electrons. The van der Waals surface area contributed by atoms with Gasteiger partial charge in [-0.2, -0.15) is 27.1 Å². The highest BCUT2D eigenvalue weighted by Gasteiger charge is 2.47. The van der Waals surface area contributed by atoms with E-state index in [1.165, 1.54) is 16.8 Å². The van der Waals surface area contributed by atoms with Gasteiger partial charge in [-0.1, -0.05) is 31.5 Å². The van der Waals surface area contributed by atoms with Crippen molar-refractivity contribution in [3.05, 3.63) is 34.5 Å². The van der Waals surface area contributed by atoms with Crippen LogP contribution in [0.4, 0.5) is 22.0 Å². The minimum atomic E-state index is -4.52. The number of primary sulfonamides is 1. The summed E-state index contributed by atoms with van der Waals surface area (Å²) in [7, 11) is -3.61. The summed E-state index contributed by atoms with van der Waals surface area (Å²) < 4.78 is 95.9. The number of hydrogen-bond donors (Lipinski definition) is 2. The smallest absolute Gasteiger partial charge is 0.394 e. The summed E-state index contributed by atoms with van der Waals surface area (Å²) >= 11 is 6.53. The van der Waals surface area contributed by atoms with E-state index < -0.39 is 51.6 Å². The summed E-state index contributed by atoms with van der Waals surface area (Å²) in [6, 6.07) is 3.79. The number of aromatic nitrogens is 2. The minimum Gasteiger partial charge on any atom is -0.434 e. The first kappa shape index (κ1) is 32.1. The number of hydrogen-bond acceptors (Lipinski definition) is 5. The molecule has 1 aliphatic rings. The number of aryl methyl sites for hydroxylation is 1. The Hall–Kier alpha value is -2.45. The molecule has 0 unspecified atom stereocenters. The van der Waals surface area contributed by atoms with Gasteiger partial charge in [0, 0.05) is 18.7 Å². The second-order valence-corrected chi connectivity index (χ2v) is 12.8. The van der Waals surface area contributed by atoms with Gasteiger partial charge < -0.3 is 10.1 Å². The Labute approximate surface area is 234 Å². The van der Waals surface area contributed by atoms with Gasteiger partial charge in [0.1, 0.15) is 5.75 Å². The summed E-state index contributed by atoms with van der Waals surface area (Å²) in [6.45, 7) is 0.865. The predicted molar refractivity (Wildman–Crippen MR) is 140 cm³/mol. The van der Waals surface area contributed by atoms with E-state index in [9.17, 15) is 35.2 Å². The Morgan fingerprint density at radius 2 is 1.85 bits per heavy atom. The molecule has 3 N–H and O–H groups in total. The molecule has 40 heavy (non-hydrogen) atoms. The fourth-order valence-electron chi connectivity index (χ4n) is 4.73. The normalized spacial score (nSPS) is 18.7. The summed E-state index contributed by atoms with van der Waals surface area (Å²) in [4.78, 5) is 13.0. The van der Waals surface area contributed by atoms with Crippen molar-refractivity contribution in [1.29, 1.82) is 0 Å². The molecule has 0 spiro atoms. The number of carbonyl (C=O) groups is 1. The van der Waals surface area contributed by atoms with Crippen LogP contribution in [0.3, 0.4) is 0 Å². The van der Waals surface area contributed by atoms with Crippen molar-refractivity contribution in [3.8, 4) is 17.0 Å². The number of benzene rings is 1. The Morgan fingerprint density at radius 1 is 1.23 bits per heavy atom. The summed E-state index contributed by atoms with van der Waals surface area (Å²) in [5.74, 6) is -1.000. The van der Waals surface area contributed by atoms with Gasteiger partial charge in [-0.3, -0.25) is 9.48 Å². The fraction of sp³-hybridized carbons (Fsp3) is 0.600. The van der Waals surface area contributed by atoms with Crippen molar-refractivity contribution < 1.29 is 39.9 Å². The van der Waals surface area contributed by atoms with Crippen LogP contribution in [0, 0.1) is 11.3 Å².